The maximum absolute atomic E-state index is 12.6. The molecule has 1 saturated heterocycles. The molecule has 0 saturated carbocycles. The predicted molar refractivity (Wildman–Crippen MR) is 96.9 cm³/mol. The van der Waals surface area contributed by atoms with Crippen LogP contribution in [0.25, 0.3) is 10.9 Å². The molecule has 6 heteroatoms. The molecular formula is C19H25N3O3. The first kappa shape index (κ1) is 17.5. The SMILES string of the molecule is CCOC(=O)N1CCC(NCC(=O)c2cn(C)c3ccccc23)CC1. The van der Waals surface area contributed by atoms with Gasteiger partial charge in [-0.25, -0.2) is 4.79 Å². The molecule has 1 aliphatic rings. The van der Waals surface area contributed by atoms with Gasteiger partial charge in [0.05, 0.1) is 13.2 Å². The second-order valence-electron chi connectivity index (χ2n) is 6.44. The van der Waals surface area contributed by atoms with Crippen molar-refractivity contribution < 1.29 is 14.3 Å². The number of benzene rings is 1. The summed E-state index contributed by atoms with van der Waals surface area (Å²) in [4.78, 5) is 26.1. The van der Waals surface area contributed by atoms with E-state index in [2.05, 4.69) is 5.32 Å². The number of carbonyl (C=O) groups excluding carboxylic acids is 2. The summed E-state index contributed by atoms with van der Waals surface area (Å²) in [5.41, 5.74) is 1.82. The second kappa shape index (κ2) is 7.70. The Morgan fingerprint density at radius 3 is 2.68 bits per heavy atom. The van der Waals surface area contributed by atoms with Crippen LogP contribution in [0.5, 0.6) is 0 Å². The molecule has 0 spiro atoms. The maximum atomic E-state index is 12.6. The highest BCUT2D eigenvalue weighted by molar-refractivity contribution is 6.09. The Hall–Kier alpha value is -2.34. The average Bonchev–Trinajstić information content (AvgIpc) is 2.98. The summed E-state index contributed by atoms with van der Waals surface area (Å²) in [6, 6.07) is 8.19. The summed E-state index contributed by atoms with van der Waals surface area (Å²) in [6.07, 6.45) is 3.33. The zero-order valence-corrected chi connectivity index (χ0v) is 14.8. The highest BCUT2D eigenvalue weighted by atomic mass is 16.6. The third-order valence-electron chi connectivity index (χ3n) is 4.77. The minimum absolute atomic E-state index is 0.102. The third-order valence-corrected chi connectivity index (χ3v) is 4.77. The van der Waals surface area contributed by atoms with Crippen molar-refractivity contribution in [1.29, 1.82) is 0 Å². The van der Waals surface area contributed by atoms with Gasteiger partial charge in [-0.1, -0.05) is 18.2 Å². The molecule has 0 aliphatic carbocycles. The molecule has 2 aromatic rings. The molecule has 0 bridgehead atoms. The van der Waals surface area contributed by atoms with Gasteiger partial charge in [0, 0.05) is 48.8 Å². The lowest BCUT2D eigenvalue weighted by Gasteiger charge is -2.31. The number of nitrogens with one attached hydrogen (secondary N) is 1. The molecule has 3 rings (SSSR count). The number of likely N-dealkylation sites (tertiary alicyclic amines) is 1. The second-order valence-corrected chi connectivity index (χ2v) is 6.44. The Kier molecular flexibility index (Phi) is 5.38. The Morgan fingerprint density at radius 1 is 1.24 bits per heavy atom. The number of piperidine rings is 1. The van der Waals surface area contributed by atoms with E-state index in [4.69, 9.17) is 4.74 Å². The number of rotatable bonds is 5. The fourth-order valence-electron chi connectivity index (χ4n) is 3.38. The summed E-state index contributed by atoms with van der Waals surface area (Å²) in [6.45, 7) is 3.86. The molecule has 1 aromatic carbocycles. The van der Waals surface area contributed by atoms with E-state index in [1.807, 2.05) is 49.0 Å². The van der Waals surface area contributed by atoms with Gasteiger partial charge in [-0.15, -0.1) is 0 Å². The van der Waals surface area contributed by atoms with Crippen LogP contribution in [0.3, 0.4) is 0 Å². The van der Waals surface area contributed by atoms with Crippen molar-refractivity contribution in [3.63, 3.8) is 0 Å². The number of hydrogen-bond acceptors (Lipinski definition) is 4. The number of ketones is 1. The predicted octanol–water partition coefficient (Wildman–Crippen LogP) is 2.57. The van der Waals surface area contributed by atoms with E-state index in [0.29, 0.717) is 26.2 Å². The lowest BCUT2D eigenvalue weighted by atomic mass is 10.0. The Balaban J connectivity index is 1.54. The number of fused-ring (bicyclic) bond motifs is 1. The standard InChI is InChI=1S/C19H25N3O3/c1-3-25-19(24)22-10-8-14(9-11-22)20-12-18(23)16-13-21(2)17-7-5-4-6-15(16)17/h4-7,13-14,20H,3,8-12H2,1-2H3. The number of Topliss-reactive ketones (excluding diaryl/α,β-unsaturated/α-hetero) is 1. The van der Waals surface area contributed by atoms with Gasteiger partial charge in [0.1, 0.15) is 0 Å². The van der Waals surface area contributed by atoms with Crippen molar-refractivity contribution in [2.75, 3.05) is 26.2 Å². The topological polar surface area (TPSA) is 63.6 Å². The minimum Gasteiger partial charge on any atom is -0.450 e. The number of aryl methyl sites for hydroxylation is 1. The van der Waals surface area contributed by atoms with Crippen molar-refractivity contribution in [2.45, 2.75) is 25.8 Å². The smallest absolute Gasteiger partial charge is 0.409 e. The summed E-state index contributed by atoms with van der Waals surface area (Å²) < 4.78 is 7.01. The van der Waals surface area contributed by atoms with E-state index < -0.39 is 0 Å². The van der Waals surface area contributed by atoms with Crippen LogP contribution in [-0.4, -0.2) is 53.6 Å². The van der Waals surface area contributed by atoms with Gasteiger partial charge >= 0.3 is 6.09 Å². The molecule has 134 valence electrons. The molecule has 1 fully saturated rings. The van der Waals surface area contributed by atoms with Crippen molar-refractivity contribution in [3.05, 3.63) is 36.0 Å². The number of ether oxygens (including phenoxy) is 1. The van der Waals surface area contributed by atoms with Crippen LogP contribution < -0.4 is 5.32 Å². The van der Waals surface area contributed by atoms with Gasteiger partial charge in [-0.05, 0) is 25.8 Å². The van der Waals surface area contributed by atoms with Crippen molar-refractivity contribution in [1.82, 2.24) is 14.8 Å². The molecule has 0 radical (unpaired) electrons. The van der Waals surface area contributed by atoms with Crippen LogP contribution in [0, 0.1) is 0 Å². The summed E-state index contributed by atoms with van der Waals surface area (Å²) in [7, 11) is 1.96. The van der Waals surface area contributed by atoms with Crippen molar-refractivity contribution >= 4 is 22.8 Å². The van der Waals surface area contributed by atoms with Gasteiger partial charge in [0.2, 0.25) is 0 Å². The molecule has 0 atom stereocenters. The van der Waals surface area contributed by atoms with Crippen molar-refractivity contribution in [3.8, 4) is 0 Å². The average molecular weight is 343 g/mol. The zero-order chi connectivity index (χ0) is 17.8. The summed E-state index contributed by atoms with van der Waals surface area (Å²) >= 11 is 0. The van der Waals surface area contributed by atoms with Crippen LogP contribution >= 0.6 is 0 Å². The summed E-state index contributed by atoms with van der Waals surface area (Å²) in [5.74, 6) is 0.102. The quantitative estimate of drug-likeness (QED) is 0.848. The molecule has 25 heavy (non-hydrogen) atoms. The van der Waals surface area contributed by atoms with Gasteiger partial charge in [-0.3, -0.25) is 4.79 Å². The number of hydrogen-bond donors (Lipinski definition) is 1. The molecule has 1 N–H and O–H groups in total. The van der Waals surface area contributed by atoms with E-state index in [9.17, 15) is 9.59 Å². The lowest BCUT2D eigenvalue weighted by Crippen LogP contribution is -2.46. The zero-order valence-electron chi connectivity index (χ0n) is 14.8. The van der Waals surface area contributed by atoms with Crippen LogP contribution in [0.2, 0.25) is 0 Å². The van der Waals surface area contributed by atoms with E-state index in [0.717, 1.165) is 29.3 Å². The molecule has 2 heterocycles. The first-order valence-electron chi connectivity index (χ1n) is 8.82. The van der Waals surface area contributed by atoms with Crippen LogP contribution in [-0.2, 0) is 11.8 Å². The van der Waals surface area contributed by atoms with Crippen LogP contribution in [0.1, 0.15) is 30.1 Å². The van der Waals surface area contributed by atoms with Gasteiger partial charge < -0.3 is 19.5 Å². The molecule has 0 unspecified atom stereocenters. The normalized spacial score (nSPS) is 15.5. The number of carbonyl (C=O) groups is 2. The number of para-hydroxylation sites is 1. The molecule has 1 amide bonds. The largest absolute Gasteiger partial charge is 0.450 e. The van der Waals surface area contributed by atoms with Gasteiger partial charge in [0.25, 0.3) is 0 Å². The van der Waals surface area contributed by atoms with Crippen LogP contribution in [0.15, 0.2) is 30.5 Å². The first-order valence-corrected chi connectivity index (χ1v) is 8.82. The maximum Gasteiger partial charge on any atom is 0.409 e. The van der Waals surface area contributed by atoms with Crippen LogP contribution in [0.4, 0.5) is 4.79 Å². The monoisotopic (exact) mass is 343 g/mol. The highest BCUT2D eigenvalue weighted by Crippen LogP contribution is 2.20. The molecule has 1 aromatic heterocycles. The summed E-state index contributed by atoms with van der Waals surface area (Å²) in [5, 5.41) is 4.34. The lowest BCUT2D eigenvalue weighted by molar-refractivity contribution is 0.0914. The minimum atomic E-state index is -0.243. The molecular weight excluding hydrogens is 318 g/mol. The third kappa shape index (κ3) is 3.85. The van der Waals surface area contributed by atoms with Gasteiger partial charge in [0.15, 0.2) is 5.78 Å². The Morgan fingerprint density at radius 2 is 1.96 bits per heavy atom. The van der Waals surface area contributed by atoms with E-state index in [1.54, 1.807) is 4.90 Å². The Labute approximate surface area is 147 Å². The Bertz CT molecular complexity index is 760. The highest BCUT2D eigenvalue weighted by Gasteiger charge is 2.24. The number of aromatic nitrogens is 1. The van der Waals surface area contributed by atoms with Gasteiger partial charge in [-0.2, -0.15) is 0 Å². The number of amides is 1. The fourth-order valence-corrected chi connectivity index (χ4v) is 3.38. The first-order chi connectivity index (χ1) is 12.1. The van der Waals surface area contributed by atoms with E-state index >= 15 is 0 Å². The van der Waals surface area contributed by atoms with Crippen molar-refractivity contribution in [2.24, 2.45) is 7.05 Å². The molecule has 6 nitrogen and oxygen atoms in total. The number of nitrogens with zero attached hydrogens (tertiary/aromatic N) is 2. The van der Waals surface area contributed by atoms with E-state index in [1.165, 1.54) is 0 Å². The fraction of sp³-hybridized carbons (Fsp3) is 0.474. The van der Waals surface area contributed by atoms with E-state index in [-0.39, 0.29) is 17.9 Å². The molecule has 1 aliphatic heterocycles.